The highest BCUT2D eigenvalue weighted by atomic mass is 16.5. The molecule has 0 spiro atoms. The maximum Gasteiger partial charge on any atom is 0.254 e. The van der Waals surface area contributed by atoms with Crippen molar-refractivity contribution in [3.05, 3.63) is 30.1 Å². The van der Waals surface area contributed by atoms with E-state index in [-0.39, 0.29) is 30.5 Å². The third kappa shape index (κ3) is 3.40. The van der Waals surface area contributed by atoms with Gasteiger partial charge in [0.05, 0.1) is 6.04 Å². The monoisotopic (exact) mass is 343 g/mol. The molecule has 3 aliphatic rings. The zero-order valence-electron chi connectivity index (χ0n) is 14.5. The van der Waals surface area contributed by atoms with Crippen molar-refractivity contribution in [1.82, 2.24) is 14.8 Å². The standard InChI is InChI=1S/C19H25N3O3/c23-16-13-25-18(19(24)21-10-3-1-2-4-11-21)17(22(16)15-7-8-15)14-6-5-9-20-12-14/h5-6,9,12,15,17-18H,1-4,7-8,10-11,13H2/t17-,18+/m1/s1. The average Bonchev–Trinajstić information content (AvgIpc) is 3.48. The Balaban J connectivity index is 1.64. The van der Waals surface area contributed by atoms with Gasteiger partial charge in [0.1, 0.15) is 6.61 Å². The minimum Gasteiger partial charge on any atom is -0.356 e. The number of morpholine rings is 1. The summed E-state index contributed by atoms with van der Waals surface area (Å²) in [6.45, 7) is 1.57. The number of rotatable bonds is 3. The molecule has 0 N–H and O–H groups in total. The molecule has 0 aromatic carbocycles. The normalized spacial score (nSPS) is 27.9. The fraction of sp³-hybridized carbons (Fsp3) is 0.632. The Morgan fingerprint density at radius 1 is 1.16 bits per heavy atom. The summed E-state index contributed by atoms with van der Waals surface area (Å²) in [4.78, 5) is 33.8. The third-order valence-corrected chi connectivity index (χ3v) is 5.39. The van der Waals surface area contributed by atoms with Gasteiger partial charge in [-0.05, 0) is 37.3 Å². The molecule has 2 atom stereocenters. The molecule has 1 aromatic rings. The van der Waals surface area contributed by atoms with Crippen molar-refractivity contribution in [3.63, 3.8) is 0 Å². The Hall–Kier alpha value is -1.95. The van der Waals surface area contributed by atoms with Gasteiger partial charge >= 0.3 is 0 Å². The van der Waals surface area contributed by atoms with E-state index in [1.807, 2.05) is 21.9 Å². The van der Waals surface area contributed by atoms with Crippen LogP contribution in [0.2, 0.25) is 0 Å². The first-order valence-corrected chi connectivity index (χ1v) is 9.37. The van der Waals surface area contributed by atoms with Crippen LogP contribution in [0.5, 0.6) is 0 Å². The second-order valence-corrected chi connectivity index (χ2v) is 7.23. The van der Waals surface area contributed by atoms with Crippen LogP contribution in [0.15, 0.2) is 24.5 Å². The fourth-order valence-corrected chi connectivity index (χ4v) is 3.97. The molecule has 0 bridgehead atoms. The van der Waals surface area contributed by atoms with Gasteiger partial charge in [0.2, 0.25) is 5.91 Å². The van der Waals surface area contributed by atoms with Crippen LogP contribution in [0.1, 0.15) is 50.1 Å². The Bertz CT molecular complexity index is 624. The molecular formula is C19H25N3O3. The number of amides is 2. The lowest BCUT2D eigenvalue weighted by molar-refractivity contribution is -0.170. The summed E-state index contributed by atoms with van der Waals surface area (Å²) in [6.07, 6.45) is 9.29. The van der Waals surface area contributed by atoms with E-state index in [1.165, 1.54) is 12.8 Å². The second kappa shape index (κ2) is 7.12. The van der Waals surface area contributed by atoms with E-state index < -0.39 is 6.10 Å². The molecule has 3 fully saturated rings. The van der Waals surface area contributed by atoms with E-state index in [9.17, 15) is 9.59 Å². The first-order chi connectivity index (χ1) is 12.3. The summed E-state index contributed by atoms with van der Waals surface area (Å²) in [6, 6.07) is 3.67. The van der Waals surface area contributed by atoms with Gasteiger partial charge in [0.15, 0.2) is 6.10 Å². The molecule has 0 unspecified atom stereocenters. The van der Waals surface area contributed by atoms with E-state index in [2.05, 4.69) is 4.98 Å². The minimum atomic E-state index is -0.624. The van der Waals surface area contributed by atoms with E-state index in [0.29, 0.717) is 0 Å². The van der Waals surface area contributed by atoms with Crippen LogP contribution in [0.25, 0.3) is 0 Å². The van der Waals surface area contributed by atoms with Crippen LogP contribution in [0.4, 0.5) is 0 Å². The average molecular weight is 343 g/mol. The Labute approximate surface area is 148 Å². The maximum atomic E-state index is 13.2. The minimum absolute atomic E-state index is 0.00247. The SMILES string of the molecule is O=C([C@H]1OCC(=O)N(C2CC2)[C@@H]1c1cccnc1)N1CCCCCC1. The number of pyridine rings is 1. The van der Waals surface area contributed by atoms with E-state index in [1.54, 1.807) is 12.4 Å². The summed E-state index contributed by atoms with van der Waals surface area (Å²) in [5, 5.41) is 0. The first kappa shape index (κ1) is 16.5. The molecule has 4 rings (SSSR count). The predicted molar refractivity (Wildman–Crippen MR) is 91.6 cm³/mol. The molecule has 1 aliphatic carbocycles. The van der Waals surface area contributed by atoms with E-state index in [4.69, 9.17) is 4.74 Å². The van der Waals surface area contributed by atoms with Gasteiger partial charge in [-0.3, -0.25) is 14.6 Å². The van der Waals surface area contributed by atoms with Gasteiger partial charge in [0.25, 0.3) is 5.91 Å². The largest absolute Gasteiger partial charge is 0.356 e. The molecule has 25 heavy (non-hydrogen) atoms. The van der Waals surface area contributed by atoms with Crippen molar-refractivity contribution in [2.45, 2.75) is 56.7 Å². The van der Waals surface area contributed by atoms with Crippen molar-refractivity contribution in [3.8, 4) is 0 Å². The van der Waals surface area contributed by atoms with Gasteiger partial charge in [-0.15, -0.1) is 0 Å². The van der Waals surface area contributed by atoms with Crippen molar-refractivity contribution >= 4 is 11.8 Å². The number of likely N-dealkylation sites (tertiary alicyclic amines) is 1. The lowest BCUT2D eigenvalue weighted by Crippen LogP contribution is -2.55. The number of nitrogens with zero attached hydrogens (tertiary/aromatic N) is 3. The van der Waals surface area contributed by atoms with Crippen LogP contribution in [-0.4, -0.2) is 58.4 Å². The number of hydrogen-bond acceptors (Lipinski definition) is 4. The highest BCUT2D eigenvalue weighted by Crippen LogP contribution is 2.39. The number of aromatic nitrogens is 1. The quantitative estimate of drug-likeness (QED) is 0.841. The second-order valence-electron chi connectivity index (χ2n) is 7.23. The Kier molecular flexibility index (Phi) is 4.70. The molecule has 2 aliphatic heterocycles. The van der Waals surface area contributed by atoms with Gasteiger partial charge in [0, 0.05) is 31.5 Å². The van der Waals surface area contributed by atoms with Crippen molar-refractivity contribution in [2.24, 2.45) is 0 Å². The zero-order chi connectivity index (χ0) is 17.2. The van der Waals surface area contributed by atoms with E-state index in [0.717, 1.165) is 44.3 Å². The first-order valence-electron chi connectivity index (χ1n) is 9.37. The molecule has 1 saturated carbocycles. The lowest BCUT2D eigenvalue weighted by Gasteiger charge is -2.42. The number of hydrogen-bond donors (Lipinski definition) is 0. The van der Waals surface area contributed by atoms with Crippen molar-refractivity contribution in [1.29, 1.82) is 0 Å². The van der Waals surface area contributed by atoms with Gasteiger partial charge in [-0.25, -0.2) is 0 Å². The molecule has 6 nitrogen and oxygen atoms in total. The Morgan fingerprint density at radius 3 is 2.56 bits per heavy atom. The summed E-state index contributed by atoms with van der Waals surface area (Å²) in [5.74, 6) is 0.00479. The molecular weight excluding hydrogens is 318 g/mol. The summed E-state index contributed by atoms with van der Waals surface area (Å²) >= 11 is 0. The van der Waals surface area contributed by atoms with Crippen molar-refractivity contribution in [2.75, 3.05) is 19.7 Å². The van der Waals surface area contributed by atoms with Crippen LogP contribution >= 0.6 is 0 Å². The molecule has 134 valence electrons. The Morgan fingerprint density at radius 2 is 1.92 bits per heavy atom. The molecule has 2 saturated heterocycles. The van der Waals surface area contributed by atoms with Crippen LogP contribution in [0.3, 0.4) is 0 Å². The van der Waals surface area contributed by atoms with Crippen LogP contribution in [0, 0.1) is 0 Å². The predicted octanol–water partition coefficient (Wildman–Crippen LogP) is 1.92. The van der Waals surface area contributed by atoms with Gasteiger partial charge < -0.3 is 14.5 Å². The number of ether oxygens (including phenoxy) is 1. The van der Waals surface area contributed by atoms with E-state index >= 15 is 0 Å². The summed E-state index contributed by atoms with van der Waals surface area (Å²) in [5.41, 5.74) is 0.885. The summed E-state index contributed by atoms with van der Waals surface area (Å²) < 4.78 is 5.81. The van der Waals surface area contributed by atoms with Gasteiger partial charge in [-0.2, -0.15) is 0 Å². The molecule has 0 radical (unpaired) electrons. The van der Waals surface area contributed by atoms with Crippen LogP contribution < -0.4 is 0 Å². The molecule has 1 aromatic heterocycles. The summed E-state index contributed by atoms with van der Waals surface area (Å²) in [7, 11) is 0. The molecule has 2 amide bonds. The fourth-order valence-electron chi connectivity index (χ4n) is 3.97. The van der Waals surface area contributed by atoms with Crippen LogP contribution in [-0.2, 0) is 14.3 Å². The van der Waals surface area contributed by atoms with Gasteiger partial charge in [-0.1, -0.05) is 18.9 Å². The number of carbonyl (C=O) groups excluding carboxylic acids is 2. The van der Waals surface area contributed by atoms with Crippen molar-refractivity contribution < 1.29 is 14.3 Å². The number of carbonyl (C=O) groups is 2. The topological polar surface area (TPSA) is 62.7 Å². The zero-order valence-corrected chi connectivity index (χ0v) is 14.5. The highest BCUT2D eigenvalue weighted by molar-refractivity contribution is 5.86. The molecule has 6 heteroatoms. The smallest absolute Gasteiger partial charge is 0.254 e. The third-order valence-electron chi connectivity index (χ3n) is 5.39. The lowest BCUT2D eigenvalue weighted by atomic mass is 9.97. The molecule has 3 heterocycles. The highest BCUT2D eigenvalue weighted by Gasteiger charge is 2.48. The maximum absolute atomic E-state index is 13.2.